The van der Waals surface area contributed by atoms with Gasteiger partial charge in [-0.05, 0) is 35.4 Å². The molecule has 0 saturated heterocycles. The van der Waals surface area contributed by atoms with Gasteiger partial charge in [0.2, 0.25) is 0 Å². The van der Waals surface area contributed by atoms with Crippen LogP contribution in [0.4, 0.5) is 22.7 Å². The molecule has 0 aromatic heterocycles. The fourth-order valence-electron chi connectivity index (χ4n) is 1.51. The first-order chi connectivity index (χ1) is 9.58. The molecule has 0 aliphatic heterocycles. The van der Waals surface area contributed by atoms with Gasteiger partial charge in [0.25, 0.3) is 0 Å². The summed E-state index contributed by atoms with van der Waals surface area (Å²) in [5, 5.41) is 0. The molecule has 22 heavy (non-hydrogen) atoms. The average Bonchev–Trinajstić information content (AvgIpc) is 2.34. The van der Waals surface area contributed by atoms with Crippen LogP contribution in [0, 0.1) is 0 Å². The largest absolute Gasteiger partial charge is 2.00 e. The van der Waals surface area contributed by atoms with Gasteiger partial charge in [-0.2, -0.15) is 0 Å². The molecular weight excluding hydrogens is 355 g/mol. The summed E-state index contributed by atoms with van der Waals surface area (Å²) in [5.41, 5.74) is 27.0. The molecule has 0 saturated carbocycles. The standard InChI is InChI=1S/C12H14N4.Ni.H2O4S/c13-9-3-1-7(5-11(9)15)8-2-4-10(14)12(16)6-8;;1-5(2,3)4/h1-6H,13-16H2;;(H2,1,2,3,4)/q;+2;/p-2. The molecule has 0 radical (unpaired) electrons. The number of anilines is 4. The van der Waals surface area contributed by atoms with E-state index in [4.69, 9.17) is 40.5 Å². The third-order valence-corrected chi connectivity index (χ3v) is 2.51. The molecule has 0 fully saturated rings. The van der Waals surface area contributed by atoms with Gasteiger partial charge in [0.05, 0.1) is 22.7 Å². The summed E-state index contributed by atoms with van der Waals surface area (Å²) < 4.78 is 34.1. The Kier molecular flexibility index (Phi) is 7.14. The number of hydrogen-bond acceptors (Lipinski definition) is 8. The molecular formula is C12H14N4NiO4S. The van der Waals surface area contributed by atoms with Crippen molar-refractivity contribution >= 4 is 33.1 Å². The van der Waals surface area contributed by atoms with Crippen molar-refractivity contribution in [3.8, 4) is 11.1 Å². The van der Waals surface area contributed by atoms with Crippen LogP contribution >= 0.6 is 0 Å². The Hall–Kier alpha value is -2.00. The fraction of sp³-hybridized carbons (Fsp3) is 0. The molecule has 0 atom stereocenters. The van der Waals surface area contributed by atoms with E-state index in [2.05, 4.69) is 0 Å². The normalized spacial score (nSPS) is 10.1. The molecule has 8 nitrogen and oxygen atoms in total. The zero-order valence-electron chi connectivity index (χ0n) is 11.1. The third-order valence-electron chi connectivity index (χ3n) is 2.51. The SMILES string of the molecule is Nc1ccc(-c2ccc(N)c(N)c2)cc1N.O=S(=O)([O-])[O-].[Ni+2]. The second kappa shape index (κ2) is 7.85. The first-order valence-corrected chi connectivity index (χ1v) is 6.88. The zero-order valence-corrected chi connectivity index (χ0v) is 12.9. The molecule has 2 aromatic rings. The molecule has 8 N–H and O–H groups in total. The maximum Gasteiger partial charge on any atom is 2.00 e. The number of nitrogens with two attached hydrogens (primary N) is 4. The molecule has 10 heteroatoms. The molecule has 0 heterocycles. The van der Waals surface area contributed by atoms with Crippen molar-refractivity contribution < 1.29 is 34.0 Å². The van der Waals surface area contributed by atoms with E-state index in [1.54, 1.807) is 12.1 Å². The van der Waals surface area contributed by atoms with E-state index in [0.29, 0.717) is 22.7 Å². The van der Waals surface area contributed by atoms with Crippen LogP contribution in [0.1, 0.15) is 0 Å². The number of rotatable bonds is 1. The van der Waals surface area contributed by atoms with Crippen LogP contribution in [-0.2, 0) is 26.9 Å². The number of benzene rings is 2. The van der Waals surface area contributed by atoms with Crippen LogP contribution in [0.5, 0.6) is 0 Å². The van der Waals surface area contributed by atoms with Gasteiger partial charge in [-0.3, -0.25) is 8.42 Å². The van der Waals surface area contributed by atoms with Gasteiger partial charge in [0.15, 0.2) is 0 Å². The van der Waals surface area contributed by atoms with Crippen LogP contribution in [0.25, 0.3) is 11.1 Å². The van der Waals surface area contributed by atoms with E-state index in [-0.39, 0.29) is 16.5 Å². The topological polar surface area (TPSA) is 184 Å². The predicted octanol–water partition coefficient (Wildman–Crippen LogP) is 0.342. The third kappa shape index (κ3) is 6.64. The molecule has 0 bridgehead atoms. The Morgan fingerprint density at radius 3 is 1.18 bits per heavy atom. The Bertz CT molecular complexity index is 695. The van der Waals surface area contributed by atoms with Crippen molar-refractivity contribution in [2.75, 3.05) is 22.9 Å². The van der Waals surface area contributed by atoms with Gasteiger partial charge in [0.1, 0.15) is 0 Å². The van der Waals surface area contributed by atoms with Gasteiger partial charge >= 0.3 is 16.5 Å². The predicted molar refractivity (Wildman–Crippen MR) is 80.0 cm³/mol. The van der Waals surface area contributed by atoms with Crippen molar-refractivity contribution in [2.45, 2.75) is 0 Å². The monoisotopic (exact) mass is 368 g/mol. The summed E-state index contributed by atoms with van der Waals surface area (Å²) in [6, 6.07) is 11.0. The van der Waals surface area contributed by atoms with Crippen LogP contribution in [0.2, 0.25) is 0 Å². The van der Waals surface area contributed by atoms with Crippen molar-refractivity contribution in [1.29, 1.82) is 0 Å². The van der Waals surface area contributed by atoms with Crippen LogP contribution in [0.3, 0.4) is 0 Å². The average molecular weight is 369 g/mol. The minimum absolute atomic E-state index is 0. The second-order valence-electron chi connectivity index (χ2n) is 4.10. The van der Waals surface area contributed by atoms with Gasteiger partial charge in [-0.25, -0.2) is 0 Å². The van der Waals surface area contributed by atoms with Gasteiger partial charge in [-0.1, -0.05) is 12.1 Å². The van der Waals surface area contributed by atoms with Gasteiger partial charge in [0, 0.05) is 10.4 Å². The van der Waals surface area contributed by atoms with Crippen LogP contribution < -0.4 is 22.9 Å². The Balaban J connectivity index is 0.000000644. The quantitative estimate of drug-likeness (QED) is 0.240. The van der Waals surface area contributed by atoms with Gasteiger partial charge in [-0.15, -0.1) is 0 Å². The van der Waals surface area contributed by atoms with Crippen molar-refractivity contribution in [3.05, 3.63) is 36.4 Å². The molecule has 0 aliphatic rings. The maximum atomic E-state index is 8.52. The first kappa shape index (κ1) is 20.0. The smallest absolute Gasteiger partial charge is 0.759 e. The maximum absolute atomic E-state index is 8.52. The van der Waals surface area contributed by atoms with E-state index >= 15 is 0 Å². The summed E-state index contributed by atoms with van der Waals surface area (Å²) in [4.78, 5) is 0. The minimum atomic E-state index is -5.17. The van der Waals surface area contributed by atoms with Crippen LogP contribution in [-0.4, -0.2) is 17.5 Å². The molecule has 2 rings (SSSR count). The summed E-state index contributed by atoms with van der Waals surface area (Å²) in [6.45, 7) is 0. The van der Waals surface area contributed by atoms with E-state index in [0.717, 1.165) is 11.1 Å². The number of hydrogen-bond donors (Lipinski definition) is 4. The van der Waals surface area contributed by atoms with Crippen LogP contribution in [0.15, 0.2) is 36.4 Å². The summed E-state index contributed by atoms with van der Waals surface area (Å²) >= 11 is 0. The number of nitrogen functional groups attached to an aromatic ring is 4. The Morgan fingerprint density at radius 1 is 0.682 bits per heavy atom. The van der Waals surface area contributed by atoms with Crippen molar-refractivity contribution in [2.24, 2.45) is 0 Å². The fourth-order valence-corrected chi connectivity index (χ4v) is 1.51. The molecule has 0 aliphatic carbocycles. The van der Waals surface area contributed by atoms with Crippen molar-refractivity contribution in [3.63, 3.8) is 0 Å². The molecule has 0 unspecified atom stereocenters. The first-order valence-electron chi connectivity index (χ1n) is 5.55. The summed E-state index contributed by atoms with van der Waals surface area (Å²) in [6.07, 6.45) is 0. The molecule has 122 valence electrons. The zero-order chi connectivity index (χ0) is 16.2. The second-order valence-corrected chi connectivity index (χ2v) is 4.91. The van der Waals surface area contributed by atoms with E-state index < -0.39 is 10.4 Å². The summed E-state index contributed by atoms with van der Waals surface area (Å²) in [5.74, 6) is 0. The Labute approximate surface area is 138 Å². The summed E-state index contributed by atoms with van der Waals surface area (Å²) in [7, 11) is -5.17. The van der Waals surface area contributed by atoms with Gasteiger partial charge < -0.3 is 32.0 Å². The minimum Gasteiger partial charge on any atom is -0.759 e. The van der Waals surface area contributed by atoms with E-state index in [1.807, 2.05) is 24.3 Å². The van der Waals surface area contributed by atoms with E-state index in [1.165, 1.54) is 0 Å². The molecule has 2 aromatic carbocycles. The van der Waals surface area contributed by atoms with Crippen molar-refractivity contribution in [1.82, 2.24) is 0 Å². The Morgan fingerprint density at radius 2 is 0.955 bits per heavy atom. The van der Waals surface area contributed by atoms with E-state index in [9.17, 15) is 0 Å². The molecule has 0 spiro atoms. The molecule has 0 amide bonds.